The lowest BCUT2D eigenvalue weighted by atomic mass is 9.78. The molecule has 25 heavy (non-hydrogen) atoms. The summed E-state index contributed by atoms with van der Waals surface area (Å²) in [5.41, 5.74) is 0.126. The third-order valence-corrected chi connectivity index (χ3v) is 4.79. The van der Waals surface area contributed by atoms with Crippen molar-refractivity contribution in [3.05, 3.63) is 0 Å². The van der Waals surface area contributed by atoms with Crippen LogP contribution in [0.1, 0.15) is 40.0 Å². The third-order valence-electron chi connectivity index (χ3n) is 4.06. The topological polar surface area (TPSA) is 91.8 Å². The highest BCUT2D eigenvalue weighted by Crippen LogP contribution is 2.33. The zero-order valence-electron chi connectivity index (χ0n) is 16.1. The Morgan fingerprint density at radius 3 is 2.48 bits per heavy atom. The number of hydrogen-bond donors (Lipinski definition) is 3. The normalized spacial score (nSPS) is 22.2. The Bertz CT molecular complexity index is 506. The van der Waals surface area contributed by atoms with Crippen LogP contribution in [0.2, 0.25) is 0 Å². The van der Waals surface area contributed by atoms with Gasteiger partial charge in [-0.2, -0.15) is 0 Å². The van der Waals surface area contributed by atoms with Crippen molar-refractivity contribution in [1.29, 1.82) is 0 Å². The molecule has 1 aliphatic heterocycles. The van der Waals surface area contributed by atoms with E-state index in [4.69, 9.17) is 4.74 Å². The zero-order chi connectivity index (χ0) is 18.2. The molecule has 0 aliphatic carbocycles. The summed E-state index contributed by atoms with van der Waals surface area (Å²) >= 11 is 0. The third kappa shape index (κ3) is 10.6. The average Bonchev–Trinajstić information content (AvgIpc) is 2.48. The minimum absolute atomic E-state index is 0. The van der Waals surface area contributed by atoms with Gasteiger partial charge in [0.1, 0.15) is 0 Å². The summed E-state index contributed by atoms with van der Waals surface area (Å²) in [5, 5.41) is 6.58. The molecule has 2 atom stereocenters. The highest BCUT2D eigenvalue weighted by atomic mass is 127. The second-order valence-corrected chi connectivity index (χ2v) is 9.29. The van der Waals surface area contributed by atoms with E-state index in [1.165, 1.54) is 6.26 Å². The van der Waals surface area contributed by atoms with Crippen molar-refractivity contribution in [2.24, 2.45) is 16.3 Å². The van der Waals surface area contributed by atoms with Gasteiger partial charge < -0.3 is 15.4 Å². The number of guanidine groups is 1. The number of nitrogens with zero attached hydrogens (tertiary/aromatic N) is 1. The monoisotopic (exact) mass is 490 g/mol. The maximum atomic E-state index is 11.0. The molecule has 9 heteroatoms. The minimum atomic E-state index is -3.11. The van der Waals surface area contributed by atoms with Crippen molar-refractivity contribution in [2.45, 2.75) is 46.1 Å². The molecule has 0 aromatic heterocycles. The van der Waals surface area contributed by atoms with E-state index >= 15 is 0 Å². The summed E-state index contributed by atoms with van der Waals surface area (Å²) in [5.74, 6) is 1.21. The molecule has 2 unspecified atom stereocenters. The molecule has 0 amide bonds. The Morgan fingerprint density at radius 1 is 1.24 bits per heavy atom. The van der Waals surface area contributed by atoms with E-state index in [9.17, 15) is 8.42 Å². The van der Waals surface area contributed by atoms with Crippen LogP contribution in [0.15, 0.2) is 4.99 Å². The van der Waals surface area contributed by atoms with Gasteiger partial charge in [-0.1, -0.05) is 20.8 Å². The van der Waals surface area contributed by atoms with Crippen LogP contribution < -0.4 is 15.4 Å². The summed E-state index contributed by atoms with van der Waals surface area (Å²) in [6, 6.07) is 0. The highest BCUT2D eigenvalue weighted by molar-refractivity contribution is 14.0. The maximum Gasteiger partial charge on any atom is 0.208 e. The smallest absolute Gasteiger partial charge is 0.208 e. The summed E-state index contributed by atoms with van der Waals surface area (Å²) in [4.78, 5) is 4.22. The van der Waals surface area contributed by atoms with E-state index in [-0.39, 0.29) is 35.5 Å². The van der Waals surface area contributed by atoms with Crippen LogP contribution in [0.5, 0.6) is 0 Å². The average molecular weight is 490 g/mol. The first-order valence-corrected chi connectivity index (χ1v) is 10.5. The van der Waals surface area contributed by atoms with Crippen LogP contribution in [0, 0.1) is 11.3 Å². The fraction of sp³-hybridized carbons (Fsp3) is 0.938. The molecule has 0 spiro atoms. The van der Waals surface area contributed by atoms with Crippen LogP contribution >= 0.6 is 24.0 Å². The number of rotatable bonds is 7. The van der Waals surface area contributed by atoms with E-state index in [1.54, 1.807) is 7.05 Å². The van der Waals surface area contributed by atoms with Gasteiger partial charge in [-0.05, 0) is 24.7 Å². The number of aliphatic imine (C=N–C) groups is 1. The van der Waals surface area contributed by atoms with Crippen LogP contribution in [-0.4, -0.2) is 60.0 Å². The van der Waals surface area contributed by atoms with E-state index in [0.29, 0.717) is 25.4 Å². The minimum Gasteiger partial charge on any atom is -0.377 e. The molecule has 0 saturated carbocycles. The number of halogens is 1. The quantitative estimate of drug-likeness (QED) is 0.218. The Balaban J connectivity index is 0.00000576. The summed E-state index contributed by atoms with van der Waals surface area (Å²) in [6.45, 7) is 9.41. The second-order valence-electron chi connectivity index (χ2n) is 7.46. The largest absolute Gasteiger partial charge is 0.377 e. The van der Waals surface area contributed by atoms with Gasteiger partial charge in [0.25, 0.3) is 0 Å². The first kappa shape index (κ1) is 24.9. The van der Waals surface area contributed by atoms with Gasteiger partial charge >= 0.3 is 0 Å². The molecule has 1 fully saturated rings. The van der Waals surface area contributed by atoms with Gasteiger partial charge in [0.05, 0.1) is 12.4 Å². The lowest BCUT2D eigenvalue weighted by Gasteiger charge is -2.40. The summed E-state index contributed by atoms with van der Waals surface area (Å²) < 4.78 is 30.5. The van der Waals surface area contributed by atoms with Gasteiger partial charge in [0.2, 0.25) is 10.0 Å². The predicted octanol–water partition coefficient (Wildman–Crippen LogP) is 1.55. The van der Waals surface area contributed by atoms with Crippen molar-refractivity contribution >= 4 is 40.0 Å². The molecule has 0 radical (unpaired) electrons. The number of sulfonamides is 1. The fourth-order valence-corrected chi connectivity index (χ4v) is 3.53. The highest BCUT2D eigenvalue weighted by Gasteiger charge is 2.35. The molecule has 3 N–H and O–H groups in total. The molecule has 0 aromatic carbocycles. The first-order valence-electron chi connectivity index (χ1n) is 8.64. The van der Waals surface area contributed by atoms with Gasteiger partial charge in [-0.15, -0.1) is 24.0 Å². The van der Waals surface area contributed by atoms with Gasteiger partial charge in [0, 0.05) is 39.2 Å². The lowest BCUT2D eigenvalue weighted by Crippen LogP contribution is -2.47. The molecule has 1 heterocycles. The van der Waals surface area contributed by atoms with Gasteiger partial charge in [-0.3, -0.25) is 4.99 Å². The maximum absolute atomic E-state index is 11.0. The van der Waals surface area contributed by atoms with E-state index in [2.05, 4.69) is 41.1 Å². The van der Waals surface area contributed by atoms with E-state index in [1.807, 2.05) is 0 Å². The summed E-state index contributed by atoms with van der Waals surface area (Å²) in [6.07, 6.45) is 4.37. The van der Waals surface area contributed by atoms with Crippen LogP contribution in [0.3, 0.4) is 0 Å². The van der Waals surface area contributed by atoms with Crippen LogP contribution in [0.4, 0.5) is 0 Å². The molecule has 1 saturated heterocycles. The Hall–Kier alpha value is -0.130. The standard InChI is InChI=1S/C16H34N4O3S.HI/c1-16(2,3)14-13(8-6-11-23-14)12-19-15(17-4)18-9-7-10-20-24(5,21)22;/h13-14,20H,6-12H2,1-5H3,(H2,17,18,19);1H. The van der Waals surface area contributed by atoms with Crippen molar-refractivity contribution in [2.75, 3.05) is 39.5 Å². The molecule has 150 valence electrons. The number of nitrogens with one attached hydrogen (secondary N) is 3. The second kappa shape index (κ2) is 11.6. The van der Waals surface area contributed by atoms with Crippen molar-refractivity contribution in [1.82, 2.24) is 15.4 Å². The van der Waals surface area contributed by atoms with Crippen LogP contribution in [-0.2, 0) is 14.8 Å². The number of hydrogen-bond acceptors (Lipinski definition) is 4. The van der Waals surface area contributed by atoms with E-state index < -0.39 is 10.0 Å². The Kier molecular flexibility index (Phi) is 11.5. The van der Waals surface area contributed by atoms with E-state index in [0.717, 1.165) is 32.0 Å². The van der Waals surface area contributed by atoms with Crippen molar-refractivity contribution in [3.63, 3.8) is 0 Å². The molecular weight excluding hydrogens is 455 g/mol. The molecule has 1 aliphatic rings. The zero-order valence-corrected chi connectivity index (χ0v) is 19.2. The number of ether oxygens (including phenoxy) is 1. The first-order chi connectivity index (χ1) is 11.1. The molecule has 0 aromatic rings. The van der Waals surface area contributed by atoms with Crippen molar-refractivity contribution < 1.29 is 13.2 Å². The molecule has 1 rings (SSSR count). The SMILES string of the molecule is CN=C(NCCCNS(C)(=O)=O)NCC1CCCOC1C(C)(C)C.I. The predicted molar refractivity (Wildman–Crippen MR) is 114 cm³/mol. The summed E-state index contributed by atoms with van der Waals surface area (Å²) in [7, 11) is -1.37. The fourth-order valence-electron chi connectivity index (χ4n) is 3.01. The Morgan fingerprint density at radius 2 is 1.92 bits per heavy atom. The lowest BCUT2D eigenvalue weighted by molar-refractivity contribution is -0.0835. The molecular formula is C16H35IN4O3S. The molecule has 0 bridgehead atoms. The van der Waals surface area contributed by atoms with Crippen LogP contribution in [0.25, 0.3) is 0 Å². The van der Waals surface area contributed by atoms with Gasteiger partial charge in [0.15, 0.2) is 5.96 Å². The Labute approximate surface area is 170 Å². The van der Waals surface area contributed by atoms with Gasteiger partial charge in [-0.25, -0.2) is 13.1 Å². The molecule has 7 nitrogen and oxygen atoms in total. The van der Waals surface area contributed by atoms with Crippen molar-refractivity contribution in [3.8, 4) is 0 Å².